The normalized spacial score (nSPS) is 19.0. The quantitative estimate of drug-likeness (QED) is 0.0816. The number of aryl methyl sites for hydroxylation is 4. The number of benzene rings is 2. The average Bonchev–Trinajstić information content (AvgIpc) is 4.34. The molecular formula is C50H65Cl2F2N13O4. The number of halogens is 4. The molecule has 382 valence electrons. The molecule has 2 aliphatic heterocycles. The van der Waals surface area contributed by atoms with E-state index in [9.17, 15) is 13.6 Å². The predicted molar refractivity (Wildman–Crippen MR) is 276 cm³/mol. The van der Waals surface area contributed by atoms with E-state index in [1.165, 1.54) is 49.5 Å². The number of nitrogens with two attached hydrogens (primary N) is 1. The summed E-state index contributed by atoms with van der Waals surface area (Å²) in [6, 6.07) is 6.56. The van der Waals surface area contributed by atoms with Gasteiger partial charge >= 0.3 is 12.1 Å². The summed E-state index contributed by atoms with van der Waals surface area (Å²) in [5.74, 6) is 2.03. The molecule has 71 heavy (non-hydrogen) atoms. The number of alkyl carbamates (subject to hydrolysis) is 1. The van der Waals surface area contributed by atoms with Crippen LogP contribution in [0.2, 0.25) is 10.4 Å². The first kappa shape index (κ1) is 43.4. The summed E-state index contributed by atoms with van der Waals surface area (Å²) in [6.07, 6.45) is 10.9. The van der Waals surface area contributed by atoms with E-state index in [0.717, 1.165) is 76.7 Å². The number of aromatic hydroxyl groups is 1. The van der Waals surface area contributed by atoms with Gasteiger partial charge in [-0.3, -0.25) is 0 Å². The second kappa shape index (κ2) is 19.3. The van der Waals surface area contributed by atoms with Gasteiger partial charge in [-0.2, -0.15) is 9.97 Å². The second-order valence-corrected chi connectivity index (χ2v) is 20.6. The Morgan fingerprint density at radius 1 is 0.915 bits per heavy atom. The summed E-state index contributed by atoms with van der Waals surface area (Å²) >= 11 is 11.8. The van der Waals surface area contributed by atoms with Crippen LogP contribution in [0.5, 0.6) is 17.5 Å². The number of anilines is 1. The minimum Gasteiger partial charge on any atom is -0.505 e. The number of aromatic nitrogens is 9. The van der Waals surface area contributed by atoms with Crippen LogP contribution in [0.1, 0.15) is 95.3 Å². The highest BCUT2D eigenvalue weighted by Gasteiger charge is 2.54. The van der Waals surface area contributed by atoms with Gasteiger partial charge in [0.15, 0.2) is 11.5 Å². The Kier molecular flexibility index (Phi) is 11.8. The largest absolute Gasteiger partial charge is 0.505 e. The molecule has 5 aromatic heterocycles. The van der Waals surface area contributed by atoms with E-state index < -0.39 is 5.60 Å². The maximum absolute atomic E-state index is 14.3. The number of carbonyl (C=O) groups excluding carboxylic acids is 1. The van der Waals surface area contributed by atoms with E-state index in [1.807, 2.05) is 34.6 Å². The molecule has 7 heterocycles. The Balaban J connectivity index is 0.000000241. The topological polar surface area (TPSA) is 228 Å². The molecule has 17 nitrogen and oxygen atoms in total. The molecule has 0 radical (unpaired) electrons. The van der Waals surface area contributed by atoms with Crippen molar-refractivity contribution in [2.45, 2.75) is 98.3 Å². The Bertz CT molecular complexity index is 3170. The van der Waals surface area contributed by atoms with Crippen molar-refractivity contribution in [3.05, 3.63) is 105 Å². The smallest absolute Gasteiger partial charge is 0.407 e. The monoisotopic (exact) mass is 1030 g/mol. The van der Waals surface area contributed by atoms with Gasteiger partial charge in [0.1, 0.15) is 45.5 Å². The molecule has 21 heteroatoms. The van der Waals surface area contributed by atoms with Crippen LogP contribution < -0.4 is 26.0 Å². The molecule has 7 aromatic rings. The number of fused-ring (bicyclic) bond motifs is 6. The van der Waals surface area contributed by atoms with Gasteiger partial charge < -0.3 is 40.8 Å². The predicted octanol–water partition coefficient (Wildman–Crippen LogP) is 10.2. The Hall–Kier alpha value is -6.41. The van der Waals surface area contributed by atoms with Crippen molar-refractivity contribution in [2.75, 3.05) is 31.1 Å². The summed E-state index contributed by atoms with van der Waals surface area (Å²) in [7, 11) is 0. The van der Waals surface area contributed by atoms with Gasteiger partial charge in [0.25, 0.3) is 0 Å². The molecule has 2 aromatic carbocycles. The molecule has 3 aliphatic carbocycles. The molecule has 4 fully saturated rings. The number of hydrogen-bond acceptors (Lipinski definition) is 15. The van der Waals surface area contributed by atoms with Gasteiger partial charge in [-0.25, -0.2) is 43.5 Å². The van der Waals surface area contributed by atoms with Crippen LogP contribution in [0.15, 0.2) is 49.1 Å². The molecule has 0 unspecified atom stereocenters. The van der Waals surface area contributed by atoms with E-state index in [-0.39, 0.29) is 57.4 Å². The maximum atomic E-state index is 14.3. The first-order valence-electron chi connectivity index (χ1n) is 28.3. The van der Waals surface area contributed by atoms with Crippen LogP contribution >= 0.6 is 23.2 Å². The fraction of sp³-hybridized carbons (Fsp3) is 0.420. The molecule has 2 spiro atoms. The number of aromatic amines is 1. The van der Waals surface area contributed by atoms with Crippen LogP contribution in [0.25, 0.3) is 33.1 Å². The Morgan fingerprint density at radius 3 is 2.20 bits per heavy atom. The molecule has 5 aliphatic rings. The van der Waals surface area contributed by atoms with Crippen LogP contribution in [0.3, 0.4) is 0 Å². The number of ether oxygens (including phenoxy) is 2. The highest BCUT2D eigenvalue weighted by molar-refractivity contribution is 6.34. The zero-order valence-electron chi connectivity index (χ0n) is 50.4. The van der Waals surface area contributed by atoms with E-state index >= 15 is 0 Å². The van der Waals surface area contributed by atoms with Gasteiger partial charge in [0, 0.05) is 75.3 Å². The first-order chi connectivity index (χ1) is 38.7. The Morgan fingerprint density at radius 2 is 1.56 bits per heavy atom. The summed E-state index contributed by atoms with van der Waals surface area (Å²) < 4.78 is 88.8. The zero-order valence-corrected chi connectivity index (χ0v) is 41.9. The van der Waals surface area contributed by atoms with Gasteiger partial charge in [0.2, 0.25) is 5.28 Å². The van der Waals surface area contributed by atoms with Gasteiger partial charge in [0.05, 0.1) is 47.4 Å². The van der Waals surface area contributed by atoms with Crippen molar-refractivity contribution in [1.29, 1.82) is 0 Å². The third kappa shape index (κ3) is 10.9. The number of rotatable bonds is 4. The van der Waals surface area contributed by atoms with E-state index in [1.54, 1.807) is 26.2 Å². The summed E-state index contributed by atoms with van der Waals surface area (Å²) in [5, 5.41) is 16.9. The van der Waals surface area contributed by atoms with Crippen LogP contribution in [-0.2, 0) is 11.2 Å². The lowest BCUT2D eigenvalue weighted by atomic mass is 10.0. The van der Waals surface area contributed by atoms with Crippen LogP contribution in [0.4, 0.5) is 19.4 Å². The minimum absolute atomic E-state index is 0.0936. The van der Waals surface area contributed by atoms with Gasteiger partial charge in [-0.05, 0) is 132 Å². The number of H-pyrrole nitrogens is 1. The minimum atomic E-state index is -0.410. The summed E-state index contributed by atoms with van der Waals surface area (Å²) in [5.41, 5.74) is 13.0. The van der Waals surface area contributed by atoms with Crippen LogP contribution in [0, 0.1) is 50.2 Å². The fourth-order valence-corrected chi connectivity index (χ4v) is 9.94. The maximum Gasteiger partial charge on any atom is 0.407 e. The van der Waals surface area contributed by atoms with E-state index in [4.69, 9.17) is 63.3 Å². The number of carbonyl (C=O) groups is 1. The van der Waals surface area contributed by atoms with Crippen molar-refractivity contribution >= 4 is 57.0 Å². The highest BCUT2D eigenvalue weighted by atomic mass is 35.5. The lowest BCUT2D eigenvalue weighted by Gasteiger charge is -2.23. The van der Waals surface area contributed by atoms with Gasteiger partial charge in [-0.1, -0.05) is 11.6 Å². The van der Waals surface area contributed by atoms with E-state index in [2.05, 4.69) is 55.4 Å². The lowest BCUT2D eigenvalue weighted by Crippen LogP contribution is -2.43. The zero-order chi connectivity index (χ0) is 60.6. The summed E-state index contributed by atoms with van der Waals surface area (Å²) in [6.45, 7) is 16.4. The Labute approximate surface area is 434 Å². The van der Waals surface area contributed by atoms with E-state index in [0.29, 0.717) is 52.8 Å². The third-order valence-electron chi connectivity index (χ3n) is 13.4. The second-order valence-electron chi connectivity index (χ2n) is 20.0. The standard InChI is InChI=1S/C22H22FN7O.C12H7Cl2FN2.C11H20N2O2.C5H6N2O.5H2/c1-11-5-13(23)6-15-17-19(27-18(11)15)28-21(31-14-7-25-12(2)26-8-14)29-20(17)30-9-16(24)22(10-30)3-4-22;1-5-2-6(15)3-8-7(5)4-9-10(8)11(13)17-12(14)16-9;1-10(2,3)15-9(14)13-8-6-12-7-11(8)4-5-11;1-4-6-2-5(8)3-7-4;;;;;/h5-8,16H,3-4,9-10,24H2,1-2H3,(H,27,28,29);2-3H,4H2,1H3;8,12H,4-7H2,1-3H3,(H,13,14);2-3,8H,1H3;5*1H/t16-;;8-;;;;;;/m0.0....../s1/i;;;;5*1+1D. The third-order valence-corrected chi connectivity index (χ3v) is 13.9. The molecule has 1 amide bonds. The fourth-order valence-electron chi connectivity index (χ4n) is 9.42. The van der Waals surface area contributed by atoms with Crippen molar-refractivity contribution in [3.63, 3.8) is 0 Å². The van der Waals surface area contributed by atoms with Crippen molar-refractivity contribution in [2.24, 2.45) is 16.6 Å². The molecule has 12 rings (SSSR count). The molecule has 2 atom stereocenters. The van der Waals surface area contributed by atoms with Crippen molar-refractivity contribution < 1.29 is 43.0 Å². The van der Waals surface area contributed by atoms with Gasteiger partial charge in [-0.15, -0.1) is 0 Å². The van der Waals surface area contributed by atoms with Crippen LogP contribution in [-0.4, -0.2) is 99.9 Å². The number of hydrogen-bond donors (Lipinski definition) is 5. The first-order valence-corrected chi connectivity index (χ1v) is 24.1. The van der Waals surface area contributed by atoms with Crippen molar-refractivity contribution in [3.8, 4) is 28.6 Å². The number of nitrogens with zero attached hydrogens (tertiary/aromatic N) is 9. The molecule has 2 saturated carbocycles. The lowest BCUT2D eigenvalue weighted by molar-refractivity contribution is 0.0493. The molecule has 2 saturated heterocycles. The molecule has 6 N–H and O–H groups in total. The molecule has 0 bridgehead atoms. The van der Waals surface area contributed by atoms with Crippen molar-refractivity contribution in [1.82, 2.24) is 55.5 Å². The highest BCUT2D eigenvalue weighted by Crippen LogP contribution is 2.53. The summed E-state index contributed by atoms with van der Waals surface area (Å²) in [4.78, 5) is 50.2. The SMILES string of the molecule is CC(C)(C)OC(=O)N[C@H]1CNCC12CC2.Cc1cc(F)cc2c1Cc1nc(Cl)nc(Cl)c1-2.Cc1ncc(O)cn1.Cc1ncc(Oc2nc(N3C[C@H](N)C4(CC4)C3)c3c(n2)[nH]c2c(C)cc(F)cc23)cn1.[2H][2H].[2H][2H].[2H][2H].[2H][2H].[2H][2H]. The number of amides is 1. The molecular weight excluding hydrogens is 956 g/mol. The number of nitrogens with one attached hydrogen (secondary N) is 3. The average molecular weight is 1030 g/mol.